The van der Waals surface area contributed by atoms with Crippen molar-refractivity contribution in [3.05, 3.63) is 77.2 Å². The van der Waals surface area contributed by atoms with Crippen LogP contribution in [0.3, 0.4) is 0 Å². The van der Waals surface area contributed by atoms with Crippen molar-refractivity contribution in [1.82, 2.24) is 19.4 Å². The van der Waals surface area contributed by atoms with Gasteiger partial charge in [-0.2, -0.15) is 0 Å². The minimum Gasteiger partial charge on any atom is -0.383 e. The zero-order valence-electron chi connectivity index (χ0n) is 23.8. The summed E-state index contributed by atoms with van der Waals surface area (Å²) in [7, 11) is 0. The minimum atomic E-state index is -0.468. The fourth-order valence-corrected chi connectivity index (χ4v) is 6.71. The number of likely N-dealkylation sites (tertiary alicyclic amines) is 1. The van der Waals surface area contributed by atoms with Gasteiger partial charge in [0.05, 0.1) is 17.4 Å². The summed E-state index contributed by atoms with van der Waals surface area (Å²) < 4.78 is 17.4. The van der Waals surface area contributed by atoms with Crippen LogP contribution in [0.5, 0.6) is 0 Å². The van der Waals surface area contributed by atoms with E-state index in [-0.39, 0.29) is 29.1 Å². The van der Waals surface area contributed by atoms with Crippen LogP contribution in [-0.4, -0.2) is 50.4 Å². The maximum Gasteiger partial charge on any atom is 0.274 e. The maximum atomic E-state index is 15.2. The average molecular weight is 555 g/mol. The number of amides is 2. The molecule has 3 aliphatic rings. The van der Waals surface area contributed by atoms with Crippen LogP contribution in [0.15, 0.2) is 43.3 Å². The smallest absolute Gasteiger partial charge is 0.274 e. The molecule has 1 saturated heterocycles. The molecule has 8 nitrogen and oxygen atoms in total. The topological polar surface area (TPSA) is 97.3 Å². The van der Waals surface area contributed by atoms with Gasteiger partial charge >= 0.3 is 0 Å². The zero-order chi connectivity index (χ0) is 29.1. The zero-order valence-corrected chi connectivity index (χ0v) is 23.8. The highest BCUT2D eigenvalue weighted by Gasteiger charge is 2.37. The molecule has 1 atom stereocenters. The molecule has 41 heavy (non-hydrogen) atoms. The summed E-state index contributed by atoms with van der Waals surface area (Å²) in [6.45, 7) is 11.8. The number of hydrogen-bond donors (Lipinski definition) is 1. The van der Waals surface area contributed by atoms with Crippen molar-refractivity contribution >= 4 is 29.4 Å². The van der Waals surface area contributed by atoms with Crippen molar-refractivity contribution in [3.8, 4) is 11.3 Å². The molecule has 2 aliphatic heterocycles. The number of nitrogens with two attached hydrogens (primary N) is 1. The summed E-state index contributed by atoms with van der Waals surface area (Å²) in [6, 6.07) is 4.76. The molecular formula is C32H35FN6O2. The molecule has 1 fully saturated rings. The first-order valence-electron chi connectivity index (χ1n) is 14.1. The standard InChI is InChI=1S/C32H35FN6O2/c1-5-28(40)37-10-6-7-22(37)8-9-23-29(35-18-36-30(23)34)24-14-21(33)15-25(19(24)2)39-12-11-38-26(31(39)41)13-20-16-32(3,4)17-27(20)38/h5,8-9,13-15,18,22H,1,6-7,10-12,16-17H2,2-4H3,(H2,34,35,36)/b9-8+/t22-/m0/s1. The van der Waals surface area contributed by atoms with E-state index in [4.69, 9.17) is 5.73 Å². The Morgan fingerprint density at radius 1 is 1.17 bits per heavy atom. The molecule has 0 spiro atoms. The molecule has 0 unspecified atom stereocenters. The summed E-state index contributed by atoms with van der Waals surface area (Å²) >= 11 is 0. The molecule has 2 N–H and O–H groups in total. The van der Waals surface area contributed by atoms with Crippen LogP contribution in [0.1, 0.15) is 59.6 Å². The van der Waals surface area contributed by atoms with Gasteiger partial charge in [0.15, 0.2) is 0 Å². The van der Waals surface area contributed by atoms with Crippen LogP contribution in [-0.2, 0) is 24.2 Å². The van der Waals surface area contributed by atoms with E-state index in [2.05, 4.69) is 35.0 Å². The monoisotopic (exact) mass is 554 g/mol. The van der Waals surface area contributed by atoms with Gasteiger partial charge in [0.25, 0.3) is 5.91 Å². The van der Waals surface area contributed by atoms with Crippen molar-refractivity contribution in [2.75, 3.05) is 23.7 Å². The van der Waals surface area contributed by atoms with E-state index >= 15 is 4.39 Å². The molecule has 4 heterocycles. The summed E-state index contributed by atoms with van der Waals surface area (Å²) in [5, 5.41) is 0. The number of nitrogen functional groups attached to an aromatic ring is 1. The Morgan fingerprint density at radius 2 is 1.98 bits per heavy atom. The predicted molar refractivity (Wildman–Crippen MR) is 158 cm³/mol. The van der Waals surface area contributed by atoms with Gasteiger partial charge in [0.2, 0.25) is 5.91 Å². The molecule has 1 aliphatic carbocycles. The van der Waals surface area contributed by atoms with Crippen molar-refractivity contribution in [1.29, 1.82) is 0 Å². The number of nitrogens with zero attached hydrogens (tertiary/aromatic N) is 5. The van der Waals surface area contributed by atoms with E-state index in [0.717, 1.165) is 31.2 Å². The lowest BCUT2D eigenvalue weighted by molar-refractivity contribution is -0.126. The highest BCUT2D eigenvalue weighted by atomic mass is 19.1. The van der Waals surface area contributed by atoms with E-state index < -0.39 is 5.82 Å². The molecule has 0 saturated carbocycles. The number of anilines is 2. The third-order valence-corrected chi connectivity index (χ3v) is 8.67. The number of halogens is 1. The average Bonchev–Trinajstić information content (AvgIpc) is 3.61. The summed E-state index contributed by atoms with van der Waals surface area (Å²) in [5.41, 5.74) is 12.4. The Morgan fingerprint density at radius 3 is 2.76 bits per heavy atom. The van der Waals surface area contributed by atoms with Crippen LogP contribution in [0.2, 0.25) is 0 Å². The molecule has 9 heteroatoms. The number of fused-ring (bicyclic) bond motifs is 3. The van der Waals surface area contributed by atoms with Gasteiger partial charge in [-0.3, -0.25) is 9.59 Å². The highest BCUT2D eigenvalue weighted by molar-refractivity contribution is 6.07. The number of carbonyl (C=O) groups is 2. The highest BCUT2D eigenvalue weighted by Crippen LogP contribution is 2.41. The molecule has 3 aromatic rings. The van der Waals surface area contributed by atoms with E-state index in [1.54, 1.807) is 9.80 Å². The number of rotatable bonds is 5. The first kappa shape index (κ1) is 26.9. The summed E-state index contributed by atoms with van der Waals surface area (Å²) in [6.07, 6.45) is 10.0. The lowest BCUT2D eigenvalue weighted by atomic mass is 9.90. The Bertz CT molecular complexity index is 1620. The lowest BCUT2D eigenvalue weighted by Gasteiger charge is -2.31. The summed E-state index contributed by atoms with van der Waals surface area (Å²) in [4.78, 5) is 38.2. The van der Waals surface area contributed by atoms with Crippen molar-refractivity contribution < 1.29 is 14.0 Å². The fourth-order valence-electron chi connectivity index (χ4n) is 6.71. The molecule has 212 valence electrons. The molecule has 0 bridgehead atoms. The Balaban J connectivity index is 1.36. The number of benzene rings is 1. The number of aromatic nitrogens is 3. The second-order valence-corrected chi connectivity index (χ2v) is 12.1. The summed E-state index contributed by atoms with van der Waals surface area (Å²) in [5.74, 6) is -0.463. The molecule has 1 aromatic carbocycles. The van der Waals surface area contributed by atoms with Crippen LogP contribution in [0.25, 0.3) is 17.3 Å². The number of hydrogen-bond acceptors (Lipinski definition) is 5. The van der Waals surface area contributed by atoms with Crippen molar-refractivity contribution in [2.45, 2.75) is 59.0 Å². The van der Waals surface area contributed by atoms with E-state index in [0.29, 0.717) is 47.8 Å². The third-order valence-electron chi connectivity index (χ3n) is 8.67. The van der Waals surface area contributed by atoms with E-state index in [1.165, 1.54) is 35.8 Å². The molecule has 6 rings (SSSR count). The Labute approximate surface area is 239 Å². The Kier molecular flexibility index (Phi) is 6.55. The normalized spacial score (nSPS) is 19.6. The molecule has 0 radical (unpaired) electrons. The van der Waals surface area contributed by atoms with Crippen LogP contribution in [0.4, 0.5) is 15.9 Å². The van der Waals surface area contributed by atoms with Gasteiger partial charge in [0, 0.05) is 36.5 Å². The van der Waals surface area contributed by atoms with Gasteiger partial charge in [-0.1, -0.05) is 32.6 Å². The maximum absolute atomic E-state index is 15.2. The number of carbonyl (C=O) groups excluding carboxylic acids is 2. The lowest BCUT2D eigenvalue weighted by Crippen LogP contribution is -2.41. The van der Waals surface area contributed by atoms with E-state index in [1.807, 2.05) is 25.1 Å². The van der Waals surface area contributed by atoms with E-state index in [9.17, 15) is 9.59 Å². The van der Waals surface area contributed by atoms with Crippen LogP contribution in [0, 0.1) is 18.2 Å². The first-order chi connectivity index (χ1) is 19.6. The van der Waals surface area contributed by atoms with Gasteiger partial charge in [-0.05, 0) is 73.4 Å². The second kappa shape index (κ2) is 9.98. The SMILES string of the molecule is C=CC(=O)N1CCC[C@H]1/C=C/c1c(N)ncnc1-c1cc(F)cc(N2CCn3c(cc4c3CC(C)(C)C4)C2=O)c1C. The van der Waals surface area contributed by atoms with Crippen LogP contribution < -0.4 is 10.6 Å². The quantitative estimate of drug-likeness (QED) is 0.450. The second-order valence-electron chi connectivity index (χ2n) is 12.1. The van der Waals surface area contributed by atoms with Gasteiger partial charge < -0.3 is 20.1 Å². The Hall–Kier alpha value is -4.27. The van der Waals surface area contributed by atoms with Crippen LogP contribution >= 0.6 is 0 Å². The van der Waals surface area contributed by atoms with Gasteiger partial charge in [0.1, 0.15) is 23.7 Å². The van der Waals surface area contributed by atoms with Gasteiger partial charge in [-0.25, -0.2) is 14.4 Å². The predicted octanol–water partition coefficient (Wildman–Crippen LogP) is 4.95. The molecule has 2 aromatic heterocycles. The largest absolute Gasteiger partial charge is 0.383 e. The fraction of sp³-hybridized carbons (Fsp3) is 0.375. The third kappa shape index (κ3) is 4.63. The molecular weight excluding hydrogens is 519 g/mol. The van der Waals surface area contributed by atoms with Crippen molar-refractivity contribution in [2.24, 2.45) is 5.41 Å². The minimum absolute atomic E-state index is 0.105. The van der Waals surface area contributed by atoms with Gasteiger partial charge in [-0.15, -0.1) is 0 Å². The first-order valence-corrected chi connectivity index (χ1v) is 14.1. The van der Waals surface area contributed by atoms with Crippen molar-refractivity contribution in [3.63, 3.8) is 0 Å². The molecule has 2 amide bonds.